The van der Waals surface area contributed by atoms with Gasteiger partial charge >= 0.3 is 5.97 Å². The van der Waals surface area contributed by atoms with E-state index in [2.05, 4.69) is 0 Å². The summed E-state index contributed by atoms with van der Waals surface area (Å²) in [4.78, 5) is 24.7. The summed E-state index contributed by atoms with van der Waals surface area (Å²) in [6.07, 6.45) is 0.161. The van der Waals surface area contributed by atoms with Gasteiger partial charge in [-0.2, -0.15) is 0 Å². The van der Waals surface area contributed by atoms with Crippen LogP contribution in [0.2, 0.25) is 0 Å². The van der Waals surface area contributed by atoms with Gasteiger partial charge in [-0.15, -0.1) is 0 Å². The van der Waals surface area contributed by atoms with Gasteiger partial charge in [-0.25, -0.2) is 0 Å². The van der Waals surface area contributed by atoms with Crippen LogP contribution in [0.3, 0.4) is 0 Å². The number of phenols is 1. The molecule has 0 aliphatic rings. The highest BCUT2D eigenvalue weighted by molar-refractivity contribution is 5.94. The number of hydrogen-bond acceptors (Lipinski definition) is 4. The molecule has 0 aliphatic carbocycles. The number of nitrogens with zero attached hydrogens (tertiary/aromatic N) is 1. The average Bonchev–Trinajstić information content (AvgIpc) is 2.38. The van der Waals surface area contributed by atoms with Crippen molar-refractivity contribution in [2.75, 3.05) is 20.2 Å². The minimum atomic E-state index is -0.325. The Hall–Kier alpha value is -2.04. The second-order valence-corrected chi connectivity index (χ2v) is 4.28. The smallest absolute Gasteiger partial charge is 0.307 e. The SMILES string of the molecule is CCOC(=O)CCN(C)C(=O)c1ccc(C)c(O)c1. The third-order valence-electron chi connectivity index (χ3n) is 2.76. The molecule has 0 fully saturated rings. The molecule has 5 heteroatoms. The van der Waals surface area contributed by atoms with Crippen molar-refractivity contribution in [3.05, 3.63) is 29.3 Å². The molecule has 1 N–H and O–H groups in total. The molecule has 0 saturated carbocycles. The summed E-state index contributed by atoms with van der Waals surface area (Å²) in [6, 6.07) is 4.76. The Morgan fingerprint density at radius 3 is 2.63 bits per heavy atom. The lowest BCUT2D eigenvalue weighted by Gasteiger charge is -2.17. The largest absolute Gasteiger partial charge is 0.508 e. The quantitative estimate of drug-likeness (QED) is 0.823. The topological polar surface area (TPSA) is 66.8 Å². The fourth-order valence-corrected chi connectivity index (χ4v) is 1.56. The number of phenolic OH excluding ortho intramolecular Hbond substituents is 1. The van der Waals surface area contributed by atoms with E-state index >= 15 is 0 Å². The predicted octanol–water partition coefficient (Wildman–Crippen LogP) is 1.73. The molecule has 5 nitrogen and oxygen atoms in total. The molecule has 104 valence electrons. The van der Waals surface area contributed by atoms with Gasteiger partial charge in [-0.1, -0.05) is 6.07 Å². The normalized spacial score (nSPS) is 10.1. The maximum Gasteiger partial charge on any atom is 0.307 e. The third-order valence-corrected chi connectivity index (χ3v) is 2.76. The van der Waals surface area contributed by atoms with E-state index in [0.29, 0.717) is 17.7 Å². The van der Waals surface area contributed by atoms with Crippen molar-refractivity contribution in [1.29, 1.82) is 0 Å². The fraction of sp³-hybridized carbons (Fsp3) is 0.429. The van der Waals surface area contributed by atoms with Crippen molar-refractivity contribution in [3.8, 4) is 5.75 Å². The first-order valence-electron chi connectivity index (χ1n) is 6.16. The van der Waals surface area contributed by atoms with Gasteiger partial charge in [0.1, 0.15) is 5.75 Å². The molecule has 1 aromatic rings. The van der Waals surface area contributed by atoms with Crippen molar-refractivity contribution >= 4 is 11.9 Å². The first-order chi connectivity index (χ1) is 8.95. The Labute approximate surface area is 112 Å². The number of aryl methyl sites for hydroxylation is 1. The highest BCUT2D eigenvalue weighted by Gasteiger charge is 2.14. The molecule has 0 aromatic heterocycles. The molecular formula is C14H19NO4. The molecule has 0 saturated heterocycles. The number of esters is 1. The highest BCUT2D eigenvalue weighted by atomic mass is 16.5. The van der Waals surface area contributed by atoms with Crippen LogP contribution < -0.4 is 0 Å². The fourth-order valence-electron chi connectivity index (χ4n) is 1.56. The molecule has 0 unspecified atom stereocenters. The molecule has 19 heavy (non-hydrogen) atoms. The molecule has 1 rings (SSSR count). The van der Waals surface area contributed by atoms with Crippen LogP contribution in [0, 0.1) is 6.92 Å². The van der Waals surface area contributed by atoms with Gasteiger partial charge < -0.3 is 14.7 Å². The zero-order valence-corrected chi connectivity index (χ0v) is 11.5. The highest BCUT2D eigenvalue weighted by Crippen LogP contribution is 2.18. The van der Waals surface area contributed by atoms with Crippen LogP contribution in [0.15, 0.2) is 18.2 Å². The van der Waals surface area contributed by atoms with Crippen LogP contribution in [0.1, 0.15) is 29.3 Å². The van der Waals surface area contributed by atoms with Crippen LogP contribution >= 0.6 is 0 Å². The standard InChI is InChI=1S/C14H19NO4/c1-4-19-13(17)7-8-15(3)14(18)11-6-5-10(2)12(16)9-11/h5-6,9,16H,4,7-8H2,1-3H3. The zero-order chi connectivity index (χ0) is 14.4. The maximum absolute atomic E-state index is 12.0. The second-order valence-electron chi connectivity index (χ2n) is 4.28. The molecule has 1 aromatic carbocycles. The van der Waals surface area contributed by atoms with E-state index in [1.54, 1.807) is 33.0 Å². The number of amides is 1. The lowest BCUT2D eigenvalue weighted by molar-refractivity contribution is -0.143. The Kier molecular flexibility index (Phi) is 5.36. The summed E-state index contributed by atoms with van der Waals surface area (Å²) in [5.41, 5.74) is 1.11. The Morgan fingerprint density at radius 2 is 2.05 bits per heavy atom. The number of rotatable bonds is 5. The van der Waals surface area contributed by atoms with Gasteiger partial charge in [0.2, 0.25) is 0 Å². The lowest BCUT2D eigenvalue weighted by atomic mass is 10.1. The van der Waals surface area contributed by atoms with E-state index in [1.807, 2.05) is 0 Å². The van der Waals surface area contributed by atoms with Crippen molar-refractivity contribution in [2.45, 2.75) is 20.3 Å². The molecule has 0 bridgehead atoms. The molecule has 0 aliphatic heterocycles. The van der Waals surface area contributed by atoms with Gasteiger partial charge in [0.25, 0.3) is 5.91 Å². The molecule has 0 atom stereocenters. The lowest BCUT2D eigenvalue weighted by Crippen LogP contribution is -2.29. The molecule has 1 amide bonds. The Bertz CT molecular complexity index is 471. The van der Waals surface area contributed by atoms with Crippen LogP contribution in [0.4, 0.5) is 0 Å². The Morgan fingerprint density at radius 1 is 1.37 bits per heavy atom. The summed E-state index contributed by atoms with van der Waals surface area (Å²) in [7, 11) is 1.61. The minimum Gasteiger partial charge on any atom is -0.508 e. The van der Waals surface area contributed by atoms with Crippen LogP contribution in [0.25, 0.3) is 0 Å². The van der Waals surface area contributed by atoms with E-state index in [0.717, 1.165) is 0 Å². The number of hydrogen-bond donors (Lipinski definition) is 1. The van der Waals surface area contributed by atoms with E-state index in [4.69, 9.17) is 4.74 Å². The summed E-state index contributed by atoms with van der Waals surface area (Å²) >= 11 is 0. The van der Waals surface area contributed by atoms with E-state index in [1.165, 1.54) is 11.0 Å². The van der Waals surface area contributed by atoms with E-state index in [9.17, 15) is 14.7 Å². The Balaban J connectivity index is 2.61. The van der Waals surface area contributed by atoms with Gasteiger partial charge in [-0.3, -0.25) is 9.59 Å². The van der Waals surface area contributed by atoms with Gasteiger partial charge in [0, 0.05) is 19.2 Å². The van der Waals surface area contributed by atoms with Gasteiger partial charge in [0.05, 0.1) is 13.0 Å². The minimum absolute atomic E-state index is 0.0876. The first-order valence-corrected chi connectivity index (χ1v) is 6.16. The number of carbonyl (C=O) groups excluding carboxylic acids is 2. The van der Waals surface area contributed by atoms with Crippen LogP contribution in [-0.4, -0.2) is 42.1 Å². The number of ether oxygens (including phenoxy) is 1. The van der Waals surface area contributed by atoms with E-state index < -0.39 is 0 Å². The maximum atomic E-state index is 12.0. The van der Waals surface area contributed by atoms with Crippen LogP contribution in [0.5, 0.6) is 5.75 Å². The second kappa shape index (κ2) is 6.78. The molecule has 0 spiro atoms. The third kappa shape index (κ3) is 4.28. The van der Waals surface area contributed by atoms with Crippen molar-refractivity contribution in [3.63, 3.8) is 0 Å². The monoisotopic (exact) mass is 265 g/mol. The number of benzene rings is 1. The molecule has 0 radical (unpaired) electrons. The first kappa shape index (κ1) is 15.0. The summed E-state index contributed by atoms with van der Waals surface area (Å²) in [5.74, 6) is -0.474. The van der Waals surface area contributed by atoms with Crippen LogP contribution in [-0.2, 0) is 9.53 Å². The number of aromatic hydroxyl groups is 1. The van der Waals surface area contributed by atoms with Gasteiger partial charge in [-0.05, 0) is 31.5 Å². The molecular weight excluding hydrogens is 246 g/mol. The summed E-state index contributed by atoms with van der Waals surface area (Å²) in [5, 5.41) is 9.57. The summed E-state index contributed by atoms with van der Waals surface area (Å²) in [6.45, 7) is 4.12. The number of carbonyl (C=O) groups is 2. The summed E-state index contributed by atoms with van der Waals surface area (Å²) < 4.78 is 4.80. The van der Waals surface area contributed by atoms with Crippen molar-refractivity contribution < 1.29 is 19.4 Å². The van der Waals surface area contributed by atoms with Crippen molar-refractivity contribution in [1.82, 2.24) is 4.90 Å². The van der Waals surface area contributed by atoms with Crippen molar-refractivity contribution in [2.24, 2.45) is 0 Å². The molecule has 0 heterocycles. The zero-order valence-electron chi connectivity index (χ0n) is 11.5. The predicted molar refractivity (Wildman–Crippen MR) is 71.1 cm³/mol. The average molecular weight is 265 g/mol. The van der Waals surface area contributed by atoms with E-state index in [-0.39, 0.29) is 30.6 Å². The van der Waals surface area contributed by atoms with Gasteiger partial charge in [0.15, 0.2) is 0 Å².